The molecular formula is C13H18IN. The van der Waals surface area contributed by atoms with E-state index in [-0.39, 0.29) is 0 Å². The van der Waals surface area contributed by atoms with Crippen LogP contribution in [0.5, 0.6) is 0 Å². The van der Waals surface area contributed by atoms with Crippen LogP contribution < -0.4 is 5.32 Å². The van der Waals surface area contributed by atoms with E-state index >= 15 is 0 Å². The van der Waals surface area contributed by atoms with E-state index in [1.807, 2.05) is 0 Å². The molecule has 0 radical (unpaired) electrons. The van der Waals surface area contributed by atoms with E-state index in [1.165, 1.54) is 28.4 Å². The molecule has 1 fully saturated rings. The van der Waals surface area contributed by atoms with Crippen LogP contribution >= 0.6 is 22.6 Å². The Morgan fingerprint density at radius 2 is 1.93 bits per heavy atom. The monoisotopic (exact) mass is 315 g/mol. The van der Waals surface area contributed by atoms with Crippen molar-refractivity contribution in [3.8, 4) is 0 Å². The molecule has 1 aromatic carbocycles. The SMILES string of the molecule is CNC(C)C1(Cc2ccc(I)cc2)CC1. The maximum atomic E-state index is 3.40. The molecule has 1 unspecified atom stereocenters. The highest BCUT2D eigenvalue weighted by Crippen LogP contribution is 2.51. The summed E-state index contributed by atoms with van der Waals surface area (Å²) in [6.07, 6.45) is 3.98. The van der Waals surface area contributed by atoms with Gasteiger partial charge in [0.15, 0.2) is 0 Å². The zero-order chi connectivity index (χ0) is 10.9. The third kappa shape index (κ3) is 2.53. The van der Waals surface area contributed by atoms with Gasteiger partial charge in [0.1, 0.15) is 0 Å². The van der Waals surface area contributed by atoms with Crippen molar-refractivity contribution in [2.75, 3.05) is 7.05 Å². The summed E-state index contributed by atoms with van der Waals surface area (Å²) in [6, 6.07) is 9.58. The van der Waals surface area contributed by atoms with Gasteiger partial charge in [-0.05, 0) is 78.9 Å². The van der Waals surface area contributed by atoms with Crippen LogP contribution in [0, 0.1) is 8.99 Å². The van der Waals surface area contributed by atoms with Gasteiger partial charge in [-0.15, -0.1) is 0 Å². The number of halogens is 1. The Morgan fingerprint density at radius 1 is 1.33 bits per heavy atom. The van der Waals surface area contributed by atoms with Crippen molar-refractivity contribution in [2.45, 2.75) is 32.2 Å². The lowest BCUT2D eigenvalue weighted by atomic mass is 9.90. The standard InChI is InChI=1S/C13H18IN/c1-10(15-2)13(7-8-13)9-11-3-5-12(14)6-4-11/h3-6,10,15H,7-9H2,1-2H3. The van der Waals surface area contributed by atoms with Gasteiger partial charge >= 0.3 is 0 Å². The highest BCUT2D eigenvalue weighted by atomic mass is 127. The third-order valence-electron chi connectivity index (χ3n) is 3.71. The molecular weight excluding hydrogens is 297 g/mol. The van der Waals surface area contributed by atoms with Crippen molar-refractivity contribution < 1.29 is 0 Å². The van der Waals surface area contributed by atoms with Crippen molar-refractivity contribution in [1.82, 2.24) is 5.32 Å². The smallest absolute Gasteiger partial charge is 0.0130 e. The van der Waals surface area contributed by atoms with E-state index in [4.69, 9.17) is 0 Å². The van der Waals surface area contributed by atoms with Gasteiger partial charge < -0.3 is 5.32 Å². The fourth-order valence-electron chi connectivity index (χ4n) is 2.24. The molecule has 1 N–H and O–H groups in total. The van der Waals surface area contributed by atoms with Crippen molar-refractivity contribution in [1.29, 1.82) is 0 Å². The number of benzene rings is 1. The molecule has 15 heavy (non-hydrogen) atoms. The zero-order valence-corrected chi connectivity index (χ0v) is 11.5. The predicted octanol–water partition coefficient (Wildman–Crippen LogP) is 3.22. The molecule has 1 aliphatic carbocycles. The van der Waals surface area contributed by atoms with Gasteiger partial charge in [0.2, 0.25) is 0 Å². The number of rotatable bonds is 4. The van der Waals surface area contributed by atoms with Gasteiger partial charge in [-0.1, -0.05) is 12.1 Å². The first-order chi connectivity index (χ1) is 7.16. The van der Waals surface area contributed by atoms with Gasteiger partial charge in [-0.2, -0.15) is 0 Å². The normalized spacial score (nSPS) is 19.9. The number of hydrogen-bond donors (Lipinski definition) is 1. The molecule has 1 aromatic rings. The fraction of sp³-hybridized carbons (Fsp3) is 0.538. The van der Waals surface area contributed by atoms with E-state index < -0.39 is 0 Å². The number of nitrogens with one attached hydrogen (secondary N) is 1. The Kier molecular flexibility index (Phi) is 3.36. The van der Waals surface area contributed by atoms with Gasteiger partial charge in [-0.25, -0.2) is 0 Å². The minimum Gasteiger partial charge on any atom is -0.317 e. The van der Waals surface area contributed by atoms with E-state index in [1.54, 1.807) is 0 Å². The van der Waals surface area contributed by atoms with E-state index in [0.29, 0.717) is 11.5 Å². The molecule has 0 amide bonds. The molecule has 2 heteroatoms. The summed E-state index contributed by atoms with van der Waals surface area (Å²) in [4.78, 5) is 0. The second-order valence-corrected chi connectivity index (χ2v) is 5.92. The maximum absolute atomic E-state index is 3.40. The number of hydrogen-bond acceptors (Lipinski definition) is 1. The summed E-state index contributed by atoms with van der Waals surface area (Å²) >= 11 is 2.36. The van der Waals surface area contributed by atoms with Crippen molar-refractivity contribution in [3.63, 3.8) is 0 Å². The Labute approximate surface area is 106 Å². The summed E-state index contributed by atoms with van der Waals surface area (Å²) in [7, 11) is 2.07. The van der Waals surface area contributed by atoms with Gasteiger partial charge in [0, 0.05) is 9.61 Å². The summed E-state index contributed by atoms with van der Waals surface area (Å²) < 4.78 is 1.32. The van der Waals surface area contributed by atoms with E-state index in [9.17, 15) is 0 Å². The van der Waals surface area contributed by atoms with Crippen LogP contribution in [0.2, 0.25) is 0 Å². The minimum absolute atomic E-state index is 0.543. The second-order valence-electron chi connectivity index (χ2n) is 4.68. The van der Waals surface area contributed by atoms with E-state index in [0.717, 1.165) is 0 Å². The first kappa shape index (κ1) is 11.4. The topological polar surface area (TPSA) is 12.0 Å². The van der Waals surface area contributed by atoms with Crippen LogP contribution in [-0.2, 0) is 6.42 Å². The van der Waals surface area contributed by atoms with Crippen LogP contribution in [0.4, 0.5) is 0 Å². The highest BCUT2D eigenvalue weighted by molar-refractivity contribution is 14.1. The second kappa shape index (κ2) is 4.42. The molecule has 1 nitrogen and oxygen atoms in total. The molecule has 0 heterocycles. The molecule has 82 valence electrons. The van der Waals surface area contributed by atoms with Gasteiger partial charge in [0.05, 0.1) is 0 Å². The molecule has 1 aliphatic rings. The molecule has 0 aliphatic heterocycles. The van der Waals surface area contributed by atoms with Crippen LogP contribution in [0.15, 0.2) is 24.3 Å². The quantitative estimate of drug-likeness (QED) is 0.841. The molecule has 1 atom stereocenters. The Hall–Kier alpha value is -0.0900. The van der Waals surface area contributed by atoms with Crippen LogP contribution in [0.25, 0.3) is 0 Å². The molecule has 2 rings (SSSR count). The van der Waals surface area contributed by atoms with Crippen molar-refractivity contribution >= 4 is 22.6 Å². The average molecular weight is 315 g/mol. The average Bonchev–Trinajstić information content (AvgIpc) is 3.01. The molecule has 0 aromatic heterocycles. The van der Waals surface area contributed by atoms with E-state index in [2.05, 4.69) is 66.1 Å². The lowest BCUT2D eigenvalue weighted by Crippen LogP contribution is -2.33. The first-order valence-electron chi connectivity index (χ1n) is 5.58. The minimum atomic E-state index is 0.543. The van der Waals surface area contributed by atoms with Gasteiger partial charge in [0.25, 0.3) is 0 Å². The van der Waals surface area contributed by atoms with Crippen molar-refractivity contribution in [2.24, 2.45) is 5.41 Å². The summed E-state index contributed by atoms with van der Waals surface area (Å²) in [5.41, 5.74) is 2.02. The lowest BCUT2D eigenvalue weighted by Gasteiger charge is -2.23. The summed E-state index contributed by atoms with van der Waals surface area (Å²) in [5, 5.41) is 3.40. The maximum Gasteiger partial charge on any atom is 0.0130 e. The zero-order valence-electron chi connectivity index (χ0n) is 9.39. The summed E-state index contributed by atoms with van der Waals surface area (Å²) in [5.74, 6) is 0. The van der Waals surface area contributed by atoms with Crippen molar-refractivity contribution in [3.05, 3.63) is 33.4 Å². The Morgan fingerprint density at radius 3 is 2.40 bits per heavy atom. The predicted molar refractivity (Wildman–Crippen MR) is 73.1 cm³/mol. The lowest BCUT2D eigenvalue weighted by molar-refractivity contribution is 0.369. The largest absolute Gasteiger partial charge is 0.317 e. The Balaban J connectivity index is 2.05. The fourth-order valence-corrected chi connectivity index (χ4v) is 2.60. The Bertz CT molecular complexity index is 327. The van der Waals surface area contributed by atoms with Crippen LogP contribution in [0.3, 0.4) is 0 Å². The highest BCUT2D eigenvalue weighted by Gasteiger charge is 2.46. The molecule has 0 spiro atoms. The third-order valence-corrected chi connectivity index (χ3v) is 4.43. The molecule has 0 bridgehead atoms. The molecule has 0 saturated heterocycles. The first-order valence-corrected chi connectivity index (χ1v) is 6.66. The van der Waals surface area contributed by atoms with Crippen LogP contribution in [0.1, 0.15) is 25.3 Å². The van der Waals surface area contributed by atoms with Gasteiger partial charge in [-0.3, -0.25) is 0 Å². The summed E-state index contributed by atoms with van der Waals surface area (Å²) in [6.45, 7) is 2.31. The van der Waals surface area contributed by atoms with Crippen LogP contribution in [-0.4, -0.2) is 13.1 Å². The molecule has 1 saturated carbocycles.